The van der Waals surface area contributed by atoms with Crippen LogP contribution in [-0.2, 0) is 0 Å². The van der Waals surface area contributed by atoms with Crippen molar-refractivity contribution in [3.63, 3.8) is 0 Å². The number of anilines is 2. The first-order valence-corrected chi connectivity index (χ1v) is 6.30. The van der Waals surface area contributed by atoms with Crippen molar-refractivity contribution in [1.82, 2.24) is 9.38 Å². The molecule has 1 N–H and O–H groups in total. The highest BCUT2D eigenvalue weighted by Gasteiger charge is 2.44. The van der Waals surface area contributed by atoms with Crippen LogP contribution < -0.4 is 14.8 Å². The summed E-state index contributed by atoms with van der Waals surface area (Å²) in [5.41, 5.74) is 0.679. The van der Waals surface area contributed by atoms with Crippen molar-refractivity contribution in [2.45, 2.75) is 6.29 Å². The van der Waals surface area contributed by atoms with E-state index in [1.807, 2.05) is 0 Å². The molecule has 0 spiro atoms. The number of rotatable bonds is 2. The lowest BCUT2D eigenvalue weighted by atomic mass is 10.2. The van der Waals surface area contributed by atoms with Gasteiger partial charge in [-0.3, -0.25) is 4.40 Å². The number of hydrogen-bond acceptors (Lipinski definition) is 4. The van der Waals surface area contributed by atoms with E-state index in [9.17, 15) is 13.2 Å². The lowest BCUT2D eigenvalue weighted by Crippen LogP contribution is -2.26. The molecule has 0 atom stereocenters. The Morgan fingerprint density at radius 3 is 2.91 bits per heavy atom. The third-order valence-electron chi connectivity index (χ3n) is 3.17. The van der Waals surface area contributed by atoms with Gasteiger partial charge in [0.1, 0.15) is 17.3 Å². The predicted molar refractivity (Wildman–Crippen MR) is 71.1 cm³/mol. The van der Waals surface area contributed by atoms with E-state index in [2.05, 4.69) is 19.8 Å². The number of para-hydroxylation sites is 1. The molecular weight excluding hydrogens is 299 g/mol. The number of nitrogens with one attached hydrogen (secondary N) is 1. The van der Waals surface area contributed by atoms with Crippen LogP contribution in [0.25, 0.3) is 5.65 Å². The Morgan fingerprint density at radius 1 is 1.18 bits per heavy atom. The third kappa shape index (κ3) is 2.00. The number of nitrogens with zero attached hydrogens (tertiary/aromatic N) is 2. The number of imidazole rings is 1. The van der Waals surface area contributed by atoms with Gasteiger partial charge < -0.3 is 14.8 Å². The molecule has 2 aromatic heterocycles. The second kappa shape index (κ2) is 4.30. The van der Waals surface area contributed by atoms with E-state index in [4.69, 9.17) is 0 Å². The molecule has 4 rings (SSSR count). The van der Waals surface area contributed by atoms with Gasteiger partial charge in [0.05, 0.1) is 11.9 Å². The Labute approximate surface area is 121 Å². The molecule has 0 unspecified atom stereocenters. The number of hydrogen-bond donors (Lipinski definition) is 1. The average Bonchev–Trinajstić information content (AvgIpc) is 2.98. The molecule has 0 radical (unpaired) electrons. The van der Waals surface area contributed by atoms with Crippen LogP contribution in [0.3, 0.4) is 0 Å². The van der Waals surface area contributed by atoms with Crippen LogP contribution in [0.1, 0.15) is 0 Å². The molecule has 112 valence electrons. The van der Waals surface area contributed by atoms with Crippen molar-refractivity contribution in [3.05, 3.63) is 48.5 Å². The molecule has 0 amide bonds. The van der Waals surface area contributed by atoms with E-state index < -0.39 is 12.1 Å². The summed E-state index contributed by atoms with van der Waals surface area (Å²) in [6.45, 7) is 0. The summed E-state index contributed by atoms with van der Waals surface area (Å²) in [6, 6.07) is 7.02. The van der Waals surface area contributed by atoms with Crippen molar-refractivity contribution in [2.24, 2.45) is 0 Å². The predicted octanol–water partition coefficient (Wildman–Crippen LogP) is 3.54. The lowest BCUT2D eigenvalue weighted by molar-refractivity contribution is -0.286. The summed E-state index contributed by atoms with van der Waals surface area (Å²) >= 11 is 0. The molecule has 1 aromatic carbocycles. The molecule has 0 bridgehead atoms. The van der Waals surface area contributed by atoms with Crippen molar-refractivity contribution >= 4 is 17.2 Å². The minimum Gasteiger partial charge on any atom is -0.395 e. The van der Waals surface area contributed by atoms with Gasteiger partial charge in [0.15, 0.2) is 11.5 Å². The minimum atomic E-state index is -3.69. The minimum absolute atomic E-state index is 0.0603. The Morgan fingerprint density at radius 2 is 2.05 bits per heavy atom. The molecule has 1 aliphatic rings. The third-order valence-corrected chi connectivity index (χ3v) is 3.17. The van der Waals surface area contributed by atoms with Crippen LogP contribution in [0.15, 0.2) is 42.7 Å². The Kier molecular flexibility index (Phi) is 2.50. The molecular formula is C14H8F3N3O2. The molecule has 5 nitrogen and oxygen atoms in total. The standard InChI is InChI=1S/C14H8F3N3O2/c15-8-4-5-20-11(6-8)18-7-12(20)19-9-2-1-3-10-13(9)22-14(16,17)21-10/h1-7,19H. The van der Waals surface area contributed by atoms with Crippen LogP contribution in [0, 0.1) is 5.82 Å². The number of pyridine rings is 1. The highest BCUT2D eigenvalue weighted by molar-refractivity contribution is 5.70. The first-order valence-electron chi connectivity index (χ1n) is 6.30. The fourth-order valence-corrected chi connectivity index (χ4v) is 2.25. The van der Waals surface area contributed by atoms with Crippen LogP contribution in [0.2, 0.25) is 0 Å². The lowest BCUT2D eigenvalue weighted by Gasteiger charge is -2.09. The van der Waals surface area contributed by atoms with Crippen LogP contribution in [0.4, 0.5) is 24.7 Å². The number of fused-ring (bicyclic) bond motifs is 2. The Bertz CT molecular complexity index is 879. The maximum atomic E-state index is 13.2. The molecule has 22 heavy (non-hydrogen) atoms. The summed E-state index contributed by atoms with van der Waals surface area (Å²) in [4.78, 5) is 4.04. The number of ether oxygens (including phenoxy) is 2. The van der Waals surface area contributed by atoms with Gasteiger partial charge in [-0.2, -0.15) is 0 Å². The van der Waals surface area contributed by atoms with Gasteiger partial charge >= 0.3 is 6.29 Å². The number of alkyl halides is 2. The second-order valence-electron chi connectivity index (χ2n) is 4.64. The van der Waals surface area contributed by atoms with Crippen molar-refractivity contribution in [2.75, 3.05) is 5.32 Å². The maximum absolute atomic E-state index is 13.2. The largest absolute Gasteiger partial charge is 0.586 e. The smallest absolute Gasteiger partial charge is 0.395 e. The summed E-state index contributed by atoms with van der Waals surface area (Å²) in [5, 5.41) is 2.92. The van der Waals surface area contributed by atoms with Gasteiger partial charge in [-0.05, 0) is 18.2 Å². The topological polar surface area (TPSA) is 47.8 Å². The van der Waals surface area contributed by atoms with Crippen LogP contribution in [-0.4, -0.2) is 15.7 Å². The molecule has 3 heterocycles. The molecule has 8 heteroatoms. The van der Waals surface area contributed by atoms with Gasteiger partial charge in [0.25, 0.3) is 0 Å². The van der Waals surface area contributed by atoms with Gasteiger partial charge in [-0.1, -0.05) is 6.07 Å². The summed E-state index contributed by atoms with van der Waals surface area (Å²) in [5.74, 6) is -0.0942. The van der Waals surface area contributed by atoms with Crippen molar-refractivity contribution in [3.8, 4) is 11.5 Å². The quantitative estimate of drug-likeness (QED) is 0.786. The SMILES string of the molecule is Fc1ccn2c(Nc3cccc4c3OC(F)(F)O4)cnc2c1. The van der Waals surface area contributed by atoms with E-state index in [0.29, 0.717) is 17.2 Å². The first-order chi connectivity index (χ1) is 10.5. The number of aromatic nitrogens is 2. The average molecular weight is 307 g/mol. The maximum Gasteiger partial charge on any atom is 0.586 e. The molecule has 0 fully saturated rings. The van der Waals surface area contributed by atoms with E-state index in [1.54, 1.807) is 16.5 Å². The van der Waals surface area contributed by atoms with E-state index in [-0.39, 0.29) is 11.5 Å². The van der Waals surface area contributed by atoms with Gasteiger partial charge in [-0.25, -0.2) is 9.37 Å². The first kappa shape index (κ1) is 12.8. The fraction of sp³-hybridized carbons (Fsp3) is 0.0714. The zero-order chi connectivity index (χ0) is 15.3. The normalized spacial score (nSPS) is 15.2. The second-order valence-corrected chi connectivity index (χ2v) is 4.64. The van der Waals surface area contributed by atoms with Crippen LogP contribution >= 0.6 is 0 Å². The highest BCUT2D eigenvalue weighted by Crippen LogP contribution is 2.46. The van der Waals surface area contributed by atoms with E-state index in [0.717, 1.165) is 0 Å². The number of halogens is 3. The highest BCUT2D eigenvalue weighted by atomic mass is 19.3. The Balaban J connectivity index is 1.74. The van der Waals surface area contributed by atoms with Crippen molar-refractivity contribution < 1.29 is 22.6 Å². The van der Waals surface area contributed by atoms with Gasteiger partial charge in [-0.15, -0.1) is 8.78 Å². The van der Waals surface area contributed by atoms with Gasteiger partial charge in [0, 0.05) is 12.3 Å². The van der Waals surface area contributed by atoms with Crippen molar-refractivity contribution in [1.29, 1.82) is 0 Å². The molecule has 0 saturated carbocycles. The fourth-order valence-electron chi connectivity index (χ4n) is 2.25. The zero-order valence-electron chi connectivity index (χ0n) is 10.9. The number of benzene rings is 1. The van der Waals surface area contributed by atoms with Gasteiger partial charge in [0.2, 0.25) is 0 Å². The molecule has 1 aliphatic heterocycles. The van der Waals surface area contributed by atoms with Crippen LogP contribution in [0.5, 0.6) is 11.5 Å². The van der Waals surface area contributed by atoms with E-state index >= 15 is 0 Å². The monoisotopic (exact) mass is 307 g/mol. The zero-order valence-corrected chi connectivity index (χ0v) is 10.9. The molecule has 3 aromatic rings. The summed E-state index contributed by atoms with van der Waals surface area (Å²) in [6.07, 6.45) is -0.750. The van der Waals surface area contributed by atoms with E-state index in [1.165, 1.54) is 30.6 Å². The Hall–Kier alpha value is -2.90. The summed E-state index contributed by atoms with van der Waals surface area (Å²) < 4.78 is 49.9. The molecule has 0 saturated heterocycles. The summed E-state index contributed by atoms with van der Waals surface area (Å²) in [7, 11) is 0. The molecule has 0 aliphatic carbocycles.